The summed E-state index contributed by atoms with van der Waals surface area (Å²) in [5.41, 5.74) is 1.57. The second-order valence-electron chi connectivity index (χ2n) is 5.68. The molecular weight excluding hydrogens is 369 g/mol. The second-order valence-corrected chi connectivity index (χ2v) is 6.69. The summed E-state index contributed by atoms with van der Waals surface area (Å²) in [4.78, 5) is 24.3. The van der Waals surface area contributed by atoms with Crippen LogP contribution in [0.1, 0.15) is 5.56 Å². The smallest absolute Gasteiger partial charge is 0.326 e. The van der Waals surface area contributed by atoms with E-state index in [1.54, 1.807) is 30.6 Å². The van der Waals surface area contributed by atoms with Crippen LogP contribution in [0.15, 0.2) is 54.9 Å². The van der Waals surface area contributed by atoms with Crippen LogP contribution in [0.3, 0.4) is 0 Å². The highest BCUT2D eigenvalue weighted by Gasteiger charge is 2.18. The number of thiophene rings is 1. The minimum Gasteiger partial charge on any atom is -0.365 e. The molecule has 0 spiro atoms. The van der Waals surface area contributed by atoms with Crippen LogP contribution in [0.4, 0.5) is 15.2 Å². The molecule has 7 nitrogen and oxygen atoms in total. The summed E-state index contributed by atoms with van der Waals surface area (Å²) in [5, 5.41) is 14.9. The largest absolute Gasteiger partial charge is 0.365 e. The number of nitro groups is 1. The number of halogens is 1. The van der Waals surface area contributed by atoms with Gasteiger partial charge in [0.05, 0.1) is 10.3 Å². The van der Waals surface area contributed by atoms with Crippen molar-refractivity contribution in [1.29, 1.82) is 0 Å². The molecule has 134 valence electrons. The molecule has 0 amide bonds. The number of rotatable bonds is 5. The topological polar surface area (TPSA) is 93.8 Å². The molecule has 4 rings (SSSR count). The molecule has 1 N–H and O–H groups in total. The van der Waals surface area contributed by atoms with Crippen LogP contribution in [-0.2, 0) is 6.54 Å². The molecule has 1 aromatic carbocycles. The van der Waals surface area contributed by atoms with Crippen LogP contribution in [0.2, 0.25) is 0 Å². The molecule has 4 aromatic rings. The number of aromatic nitrogens is 3. The number of hydrogen-bond acceptors (Lipinski definition) is 7. The highest BCUT2D eigenvalue weighted by Crippen LogP contribution is 2.35. The van der Waals surface area contributed by atoms with Crippen LogP contribution in [-0.4, -0.2) is 19.9 Å². The van der Waals surface area contributed by atoms with Crippen molar-refractivity contribution in [3.63, 3.8) is 0 Å². The van der Waals surface area contributed by atoms with Gasteiger partial charge in [-0.3, -0.25) is 15.1 Å². The third-order valence-corrected chi connectivity index (χ3v) is 4.83. The molecule has 0 saturated carbocycles. The predicted molar refractivity (Wildman–Crippen MR) is 101 cm³/mol. The van der Waals surface area contributed by atoms with Crippen LogP contribution in [0.5, 0.6) is 0 Å². The summed E-state index contributed by atoms with van der Waals surface area (Å²) in [6.45, 7) is 0.391. The third-order valence-electron chi connectivity index (χ3n) is 3.85. The van der Waals surface area contributed by atoms with E-state index in [1.165, 1.54) is 18.2 Å². The summed E-state index contributed by atoms with van der Waals surface area (Å²) in [6, 6.07) is 11.1. The molecule has 0 bridgehead atoms. The lowest BCUT2D eigenvalue weighted by Gasteiger charge is -2.09. The Labute approximate surface area is 156 Å². The fraction of sp³-hybridized carbons (Fsp3) is 0.0556. The van der Waals surface area contributed by atoms with Crippen molar-refractivity contribution in [3.05, 3.63) is 76.4 Å². The quantitative estimate of drug-likeness (QED) is 0.406. The number of pyridine rings is 1. The van der Waals surface area contributed by atoms with Crippen molar-refractivity contribution in [2.24, 2.45) is 0 Å². The molecule has 0 saturated heterocycles. The van der Waals surface area contributed by atoms with Crippen LogP contribution in [0, 0.1) is 15.9 Å². The SMILES string of the molecule is O=[N+]([O-])c1cc2c(NCc3ccc(F)cc3)nc(-c3cccnc3)nc2s1. The molecule has 3 aromatic heterocycles. The van der Waals surface area contributed by atoms with Gasteiger partial charge in [0, 0.05) is 30.6 Å². The maximum absolute atomic E-state index is 13.1. The van der Waals surface area contributed by atoms with E-state index in [2.05, 4.69) is 20.3 Å². The zero-order chi connectivity index (χ0) is 18.8. The minimum atomic E-state index is -0.445. The Morgan fingerprint density at radius 1 is 1.19 bits per heavy atom. The van der Waals surface area contributed by atoms with Gasteiger partial charge in [-0.1, -0.05) is 12.1 Å². The summed E-state index contributed by atoms with van der Waals surface area (Å²) >= 11 is 0.992. The number of fused-ring (bicyclic) bond motifs is 1. The van der Waals surface area contributed by atoms with Gasteiger partial charge in [-0.15, -0.1) is 0 Å². The number of hydrogen-bond donors (Lipinski definition) is 1. The van der Waals surface area contributed by atoms with E-state index in [0.29, 0.717) is 34.0 Å². The van der Waals surface area contributed by atoms with Gasteiger partial charge in [0.15, 0.2) is 5.82 Å². The average molecular weight is 381 g/mol. The van der Waals surface area contributed by atoms with Crippen LogP contribution >= 0.6 is 11.3 Å². The average Bonchev–Trinajstić information content (AvgIpc) is 3.13. The molecule has 0 aliphatic rings. The minimum absolute atomic E-state index is 0.00697. The lowest BCUT2D eigenvalue weighted by atomic mass is 10.2. The first-order valence-electron chi connectivity index (χ1n) is 7.95. The van der Waals surface area contributed by atoms with Crippen molar-refractivity contribution in [2.45, 2.75) is 6.54 Å². The van der Waals surface area contributed by atoms with E-state index in [1.807, 2.05) is 6.07 Å². The molecule has 0 fully saturated rings. The first kappa shape index (κ1) is 17.0. The zero-order valence-electron chi connectivity index (χ0n) is 13.8. The number of nitrogens with one attached hydrogen (secondary N) is 1. The van der Waals surface area contributed by atoms with Gasteiger partial charge in [-0.2, -0.15) is 0 Å². The number of anilines is 1. The summed E-state index contributed by atoms with van der Waals surface area (Å²) in [7, 11) is 0. The maximum Gasteiger partial charge on any atom is 0.326 e. The highest BCUT2D eigenvalue weighted by atomic mass is 32.1. The lowest BCUT2D eigenvalue weighted by Crippen LogP contribution is -2.03. The molecular formula is C18H12FN5O2S. The molecule has 0 atom stereocenters. The molecule has 0 unspecified atom stereocenters. The number of nitrogens with zero attached hydrogens (tertiary/aromatic N) is 4. The van der Waals surface area contributed by atoms with Gasteiger partial charge in [0.25, 0.3) is 0 Å². The summed E-state index contributed by atoms with van der Waals surface area (Å²) < 4.78 is 13.1. The van der Waals surface area contributed by atoms with Crippen LogP contribution < -0.4 is 5.32 Å². The normalized spacial score (nSPS) is 10.9. The van der Waals surface area contributed by atoms with Gasteiger partial charge < -0.3 is 5.32 Å². The monoisotopic (exact) mass is 381 g/mol. The Hall–Kier alpha value is -3.46. The van der Waals surface area contributed by atoms with E-state index in [9.17, 15) is 14.5 Å². The molecule has 0 aliphatic heterocycles. The van der Waals surface area contributed by atoms with Crippen molar-refractivity contribution < 1.29 is 9.31 Å². The van der Waals surface area contributed by atoms with E-state index in [-0.39, 0.29) is 10.8 Å². The van der Waals surface area contributed by atoms with Gasteiger partial charge >= 0.3 is 5.00 Å². The Balaban J connectivity index is 1.76. The van der Waals surface area contributed by atoms with E-state index in [4.69, 9.17) is 0 Å². The van der Waals surface area contributed by atoms with Gasteiger partial charge in [-0.05, 0) is 41.2 Å². The van der Waals surface area contributed by atoms with E-state index >= 15 is 0 Å². The first-order chi connectivity index (χ1) is 13.1. The standard InChI is InChI=1S/C18H12FN5O2S/c19-13-5-3-11(4-6-13)9-21-17-14-8-15(24(25)26)27-18(14)23-16(22-17)12-2-1-7-20-10-12/h1-8,10H,9H2,(H,21,22,23). The van der Waals surface area contributed by atoms with Crippen molar-refractivity contribution >= 4 is 32.4 Å². The Kier molecular flexibility index (Phi) is 4.43. The fourth-order valence-corrected chi connectivity index (χ4v) is 3.39. The fourth-order valence-electron chi connectivity index (χ4n) is 2.55. The summed E-state index contributed by atoms with van der Waals surface area (Å²) in [6.07, 6.45) is 3.28. The molecule has 0 aliphatic carbocycles. The van der Waals surface area contributed by atoms with Gasteiger partial charge in [0.1, 0.15) is 16.5 Å². The van der Waals surface area contributed by atoms with Gasteiger partial charge in [0.2, 0.25) is 0 Å². The van der Waals surface area contributed by atoms with Crippen molar-refractivity contribution in [1.82, 2.24) is 15.0 Å². The van der Waals surface area contributed by atoms with E-state index < -0.39 is 4.92 Å². The Bertz CT molecular complexity index is 1120. The van der Waals surface area contributed by atoms with Crippen molar-refractivity contribution in [3.8, 4) is 11.4 Å². The number of benzene rings is 1. The predicted octanol–water partition coefficient (Wildman–Crippen LogP) is 4.41. The molecule has 27 heavy (non-hydrogen) atoms. The third kappa shape index (κ3) is 3.58. The lowest BCUT2D eigenvalue weighted by molar-refractivity contribution is -0.380. The molecule has 0 radical (unpaired) electrons. The first-order valence-corrected chi connectivity index (χ1v) is 8.76. The van der Waals surface area contributed by atoms with E-state index in [0.717, 1.165) is 16.9 Å². The maximum atomic E-state index is 13.1. The Morgan fingerprint density at radius 2 is 2.00 bits per heavy atom. The highest BCUT2D eigenvalue weighted by molar-refractivity contribution is 7.21. The summed E-state index contributed by atoms with van der Waals surface area (Å²) in [5.74, 6) is 0.594. The molecule has 9 heteroatoms. The second kappa shape index (κ2) is 7.04. The van der Waals surface area contributed by atoms with Crippen molar-refractivity contribution in [2.75, 3.05) is 5.32 Å². The Morgan fingerprint density at radius 3 is 2.70 bits per heavy atom. The molecule has 3 heterocycles. The van der Waals surface area contributed by atoms with Gasteiger partial charge in [-0.25, -0.2) is 14.4 Å². The van der Waals surface area contributed by atoms with Crippen LogP contribution in [0.25, 0.3) is 21.6 Å². The zero-order valence-corrected chi connectivity index (χ0v) is 14.6.